The summed E-state index contributed by atoms with van der Waals surface area (Å²) in [6.45, 7) is 0.642. The van der Waals surface area contributed by atoms with E-state index in [1.54, 1.807) is 0 Å². The van der Waals surface area contributed by atoms with Gasteiger partial charge in [-0.25, -0.2) is 4.98 Å². The van der Waals surface area contributed by atoms with Crippen molar-refractivity contribution >= 4 is 17.5 Å². The van der Waals surface area contributed by atoms with Crippen LogP contribution in [0, 0.1) is 0 Å². The summed E-state index contributed by atoms with van der Waals surface area (Å²) < 4.78 is 44.6. The standard InChI is InChI=1S/C16H16F3N3O4/c17-16(18,19)11-9-22-4-1-10(7-12(22)20-11)14(25)21-15(8-13(23)24)2-5-26-6-3-15/h1,4,7,9H,2-3,5-6,8H2,(H,21,25)(H,23,24). The van der Waals surface area contributed by atoms with Gasteiger partial charge < -0.3 is 19.6 Å². The molecule has 7 nitrogen and oxygen atoms in total. The average Bonchev–Trinajstić information content (AvgIpc) is 2.98. The molecule has 0 unspecified atom stereocenters. The quantitative estimate of drug-likeness (QED) is 0.859. The molecule has 0 aromatic carbocycles. The molecule has 1 aliphatic heterocycles. The van der Waals surface area contributed by atoms with Crippen LogP contribution in [0.15, 0.2) is 24.5 Å². The summed E-state index contributed by atoms with van der Waals surface area (Å²) in [4.78, 5) is 27.2. The number of carboxylic acids is 1. The van der Waals surface area contributed by atoms with Gasteiger partial charge in [0.05, 0.1) is 12.0 Å². The lowest BCUT2D eigenvalue weighted by atomic mass is 9.86. The Balaban J connectivity index is 1.85. The Bertz CT molecular complexity index is 841. The van der Waals surface area contributed by atoms with Gasteiger partial charge in [0.15, 0.2) is 5.69 Å². The second kappa shape index (κ2) is 6.60. The molecule has 26 heavy (non-hydrogen) atoms. The molecular weight excluding hydrogens is 355 g/mol. The highest BCUT2D eigenvalue weighted by atomic mass is 19.4. The molecule has 10 heteroatoms. The van der Waals surface area contributed by atoms with Crippen molar-refractivity contribution in [3.8, 4) is 0 Å². The molecule has 3 heterocycles. The second-order valence-electron chi connectivity index (χ2n) is 6.22. The van der Waals surface area contributed by atoms with E-state index in [9.17, 15) is 22.8 Å². The molecule has 0 saturated carbocycles. The zero-order chi connectivity index (χ0) is 18.9. The third kappa shape index (κ3) is 3.79. The fourth-order valence-corrected chi connectivity index (χ4v) is 2.97. The minimum absolute atomic E-state index is 0.0239. The van der Waals surface area contributed by atoms with E-state index in [0.717, 1.165) is 6.20 Å². The van der Waals surface area contributed by atoms with Crippen LogP contribution in [0.1, 0.15) is 35.3 Å². The van der Waals surface area contributed by atoms with Crippen molar-refractivity contribution in [3.05, 3.63) is 35.8 Å². The summed E-state index contributed by atoms with van der Waals surface area (Å²) in [7, 11) is 0. The number of nitrogens with zero attached hydrogens (tertiary/aromatic N) is 2. The molecule has 140 valence electrons. The highest BCUT2D eigenvalue weighted by Crippen LogP contribution is 2.29. The minimum Gasteiger partial charge on any atom is -0.481 e. The van der Waals surface area contributed by atoms with Gasteiger partial charge in [0, 0.05) is 31.2 Å². The van der Waals surface area contributed by atoms with Crippen LogP contribution < -0.4 is 5.32 Å². The number of ether oxygens (including phenoxy) is 1. The molecule has 2 N–H and O–H groups in total. The molecule has 1 aliphatic rings. The van der Waals surface area contributed by atoms with Crippen LogP contribution in [0.25, 0.3) is 5.65 Å². The maximum absolute atomic E-state index is 12.7. The third-order valence-electron chi connectivity index (χ3n) is 4.33. The lowest BCUT2D eigenvalue weighted by Gasteiger charge is -2.36. The Hall–Kier alpha value is -2.62. The van der Waals surface area contributed by atoms with Crippen molar-refractivity contribution in [2.45, 2.75) is 31.0 Å². The first-order valence-corrected chi connectivity index (χ1v) is 7.87. The van der Waals surface area contributed by atoms with E-state index in [-0.39, 0.29) is 17.6 Å². The highest BCUT2D eigenvalue weighted by molar-refractivity contribution is 5.95. The van der Waals surface area contributed by atoms with Crippen molar-refractivity contribution in [2.24, 2.45) is 0 Å². The van der Waals surface area contributed by atoms with Gasteiger partial charge in [0.25, 0.3) is 5.91 Å². The summed E-state index contributed by atoms with van der Waals surface area (Å²) in [6, 6.07) is 2.59. The number of fused-ring (bicyclic) bond motifs is 1. The number of aromatic nitrogens is 2. The van der Waals surface area contributed by atoms with Crippen LogP contribution in [0.5, 0.6) is 0 Å². The van der Waals surface area contributed by atoms with E-state index in [2.05, 4.69) is 10.3 Å². The number of carbonyl (C=O) groups excluding carboxylic acids is 1. The predicted octanol–water partition coefficient (Wildman–Crippen LogP) is 2.11. The lowest BCUT2D eigenvalue weighted by Crippen LogP contribution is -2.53. The predicted molar refractivity (Wildman–Crippen MR) is 82.7 cm³/mol. The van der Waals surface area contributed by atoms with Gasteiger partial charge in [0.1, 0.15) is 5.65 Å². The second-order valence-corrected chi connectivity index (χ2v) is 6.22. The monoisotopic (exact) mass is 371 g/mol. The molecule has 0 atom stereocenters. The Labute approximate surface area is 145 Å². The Morgan fingerprint density at radius 1 is 1.35 bits per heavy atom. The van der Waals surface area contributed by atoms with Gasteiger partial charge in [0.2, 0.25) is 0 Å². The fourth-order valence-electron chi connectivity index (χ4n) is 2.97. The van der Waals surface area contributed by atoms with Gasteiger partial charge in [-0.05, 0) is 25.0 Å². The largest absolute Gasteiger partial charge is 0.481 e. The number of pyridine rings is 1. The SMILES string of the molecule is O=C(O)CC1(NC(=O)c2ccn3cc(C(F)(F)F)nc3c2)CCOCC1. The fraction of sp³-hybridized carbons (Fsp3) is 0.438. The van der Waals surface area contributed by atoms with E-state index in [1.807, 2.05) is 0 Å². The first-order valence-electron chi connectivity index (χ1n) is 7.87. The maximum atomic E-state index is 12.7. The number of amides is 1. The van der Waals surface area contributed by atoms with Crippen LogP contribution in [0.4, 0.5) is 13.2 Å². The number of hydrogen-bond acceptors (Lipinski definition) is 4. The smallest absolute Gasteiger partial charge is 0.434 e. The Morgan fingerprint density at radius 2 is 2.04 bits per heavy atom. The number of aliphatic carboxylic acids is 1. The lowest BCUT2D eigenvalue weighted by molar-refractivity contribution is -0.141. The van der Waals surface area contributed by atoms with E-state index in [4.69, 9.17) is 9.84 Å². The number of rotatable bonds is 4. The Morgan fingerprint density at radius 3 is 2.65 bits per heavy atom. The van der Waals surface area contributed by atoms with Crippen molar-refractivity contribution in [2.75, 3.05) is 13.2 Å². The van der Waals surface area contributed by atoms with Crippen LogP contribution in [-0.2, 0) is 15.7 Å². The number of imidazole rings is 1. The number of carbonyl (C=O) groups is 2. The summed E-state index contributed by atoms with van der Waals surface area (Å²) in [5.74, 6) is -1.61. The summed E-state index contributed by atoms with van der Waals surface area (Å²) in [5.41, 5.74) is -1.92. The minimum atomic E-state index is -4.58. The van der Waals surface area contributed by atoms with Crippen LogP contribution in [-0.4, -0.2) is 45.1 Å². The number of carboxylic acid groups (broad SMARTS) is 1. The highest BCUT2D eigenvalue weighted by Gasteiger charge is 2.37. The van der Waals surface area contributed by atoms with Crippen molar-refractivity contribution in [1.29, 1.82) is 0 Å². The van der Waals surface area contributed by atoms with Crippen LogP contribution in [0.2, 0.25) is 0 Å². The van der Waals surface area contributed by atoms with Gasteiger partial charge in [-0.2, -0.15) is 13.2 Å². The molecule has 1 amide bonds. The van der Waals surface area contributed by atoms with Gasteiger partial charge in [-0.15, -0.1) is 0 Å². The molecule has 3 rings (SSSR count). The molecular formula is C16H16F3N3O4. The molecule has 0 spiro atoms. The molecule has 1 fully saturated rings. The van der Waals surface area contributed by atoms with E-state index in [1.165, 1.54) is 22.7 Å². The topological polar surface area (TPSA) is 92.9 Å². The molecule has 2 aromatic heterocycles. The van der Waals surface area contributed by atoms with Gasteiger partial charge in [-0.1, -0.05) is 0 Å². The van der Waals surface area contributed by atoms with Gasteiger partial charge in [-0.3, -0.25) is 9.59 Å². The number of nitrogens with one attached hydrogen (secondary N) is 1. The Kier molecular flexibility index (Phi) is 4.61. The average molecular weight is 371 g/mol. The number of halogens is 3. The number of alkyl halides is 3. The molecule has 2 aromatic rings. The van der Waals surface area contributed by atoms with Crippen LogP contribution >= 0.6 is 0 Å². The molecule has 0 radical (unpaired) electrons. The van der Waals surface area contributed by atoms with Gasteiger partial charge >= 0.3 is 12.1 Å². The van der Waals surface area contributed by atoms with E-state index < -0.39 is 29.3 Å². The summed E-state index contributed by atoms with van der Waals surface area (Å²) >= 11 is 0. The third-order valence-corrected chi connectivity index (χ3v) is 4.33. The number of hydrogen-bond donors (Lipinski definition) is 2. The first kappa shape index (κ1) is 18.2. The van der Waals surface area contributed by atoms with E-state index >= 15 is 0 Å². The first-order chi connectivity index (χ1) is 12.2. The van der Waals surface area contributed by atoms with Crippen LogP contribution in [0.3, 0.4) is 0 Å². The van der Waals surface area contributed by atoms with Crippen molar-refractivity contribution in [1.82, 2.24) is 14.7 Å². The molecule has 1 saturated heterocycles. The van der Waals surface area contributed by atoms with E-state index in [0.29, 0.717) is 26.1 Å². The van der Waals surface area contributed by atoms with Crippen molar-refractivity contribution < 1.29 is 32.6 Å². The normalized spacial score (nSPS) is 17.2. The molecule has 0 bridgehead atoms. The zero-order valence-corrected chi connectivity index (χ0v) is 13.5. The zero-order valence-electron chi connectivity index (χ0n) is 13.5. The summed E-state index contributed by atoms with van der Waals surface area (Å²) in [5, 5.41) is 11.8. The van der Waals surface area contributed by atoms with Crippen molar-refractivity contribution in [3.63, 3.8) is 0 Å². The maximum Gasteiger partial charge on any atom is 0.434 e. The molecule has 0 aliphatic carbocycles. The summed E-state index contributed by atoms with van der Waals surface area (Å²) in [6.07, 6.45) is -2.01.